The van der Waals surface area contributed by atoms with Crippen LogP contribution in [0, 0.1) is 30.6 Å². The molecule has 2 unspecified atom stereocenters. The van der Waals surface area contributed by atoms with Crippen molar-refractivity contribution in [3.63, 3.8) is 0 Å². The van der Waals surface area contributed by atoms with Gasteiger partial charge in [-0.3, -0.25) is 0 Å². The smallest absolute Gasteiger partial charge is 0.133 e. The number of aryl methyl sites for hydroxylation is 1. The summed E-state index contributed by atoms with van der Waals surface area (Å²) in [6.45, 7) is 2.16. The summed E-state index contributed by atoms with van der Waals surface area (Å²) in [5, 5.41) is 2.54. The highest BCUT2D eigenvalue weighted by atomic mass is 16.5. The van der Waals surface area contributed by atoms with E-state index < -0.39 is 0 Å². The summed E-state index contributed by atoms with van der Waals surface area (Å²) >= 11 is 0. The molecule has 3 bridgehead atoms. The average Bonchev–Trinajstić information content (AvgIpc) is 3.76. The number of ether oxygens (including phenoxy) is 1. The molecular formula is C59H50N2O. The first-order valence-electron chi connectivity index (χ1n) is 22.6. The summed E-state index contributed by atoms with van der Waals surface area (Å²) in [5.41, 5.74) is 14.2. The van der Waals surface area contributed by atoms with Crippen LogP contribution in [0.25, 0.3) is 49.7 Å². The van der Waals surface area contributed by atoms with Gasteiger partial charge in [0.15, 0.2) is 0 Å². The zero-order chi connectivity index (χ0) is 41.1. The lowest BCUT2D eigenvalue weighted by molar-refractivity contribution is 0.149. The first-order chi connectivity index (χ1) is 30.6. The van der Waals surface area contributed by atoms with Crippen LogP contribution in [0.3, 0.4) is 0 Å². The number of anilines is 3. The van der Waals surface area contributed by atoms with E-state index in [1.165, 1.54) is 81.7 Å². The molecule has 9 aromatic rings. The molecule has 12 rings (SSSR count). The molecule has 0 saturated heterocycles. The minimum atomic E-state index is 0.525. The van der Waals surface area contributed by atoms with Crippen molar-refractivity contribution in [2.45, 2.75) is 44.9 Å². The van der Waals surface area contributed by atoms with E-state index in [0.29, 0.717) is 5.92 Å². The molecule has 3 heteroatoms. The average molecular weight is 803 g/mol. The minimum Gasteiger partial charge on any atom is -0.457 e. The lowest BCUT2D eigenvalue weighted by Crippen LogP contribution is -2.29. The maximum atomic E-state index is 7.10. The van der Waals surface area contributed by atoms with Gasteiger partial charge < -0.3 is 14.2 Å². The summed E-state index contributed by atoms with van der Waals surface area (Å²) in [5.74, 6) is 5.87. The highest BCUT2D eigenvalue weighted by Crippen LogP contribution is 2.61. The molecule has 3 nitrogen and oxygen atoms in total. The second-order valence-corrected chi connectivity index (χ2v) is 18.2. The number of nitrogens with zero attached hydrogens (tertiary/aromatic N) is 2. The number of rotatable bonds is 9. The second-order valence-electron chi connectivity index (χ2n) is 18.2. The molecule has 5 atom stereocenters. The van der Waals surface area contributed by atoms with Crippen molar-refractivity contribution in [1.82, 2.24) is 4.57 Å². The Balaban J connectivity index is 0.976. The van der Waals surface area contributed by atoms with Crippen LogP contribution >= 0.6 is 0 Å². The molecule has 302 valence electrons. The Morgan fingerprint density at radius 2 is 1.11 bits per heavy atom. The van der Waals surface area contributed by atoms with E-state index in [1.807, 2.05) is 0 Å². The van der Waals surface area contributed by atoms with E-state index in [4.69, 9.17) is 4.74 Å². The van der Waals surface area contributed by atoms with Gasteiger partial charge in [-0.15, -0.1) is 0 Å². The van der Waals surface area contributed by atoms with Gasteiger partial charge in [0.05, 0.1) is 16.7 Å². The van der Waals surface area contributed by atoms with Crippen LogP contribution in [0.4, 0.5) is 17.1 Å². The highest BCUT2D eigenvalue weighted by Gasteiger charge is 2.49. The summed E-state index contributed by atoms with van der Waals surface area (Å²) in [4.78, 5) is 2.43. The normalized spacial score (nSPS) is 20.2. The fourth-order valence-corrected chi connectivity index (χ4v) is 11.9. The quantitative estimate of drug-likeness (QED) is 0.145. The Hall–Kier alpha value is -6.84. The van der Waals surface area contributed by atoms with Crippen molar-refractivity contribution < 1.29 is 4.74 Å². The van der Waals surface area contributed by atoms with E-state index in [1.54, 1.807) is 0 Å². The number of para-hydroxylation sites is 4. The van der Waals surface area contributed by atoms with Gasteiger partial charge in [0, 0.05) is 39.5 Å². The number of hydrogen-bond donors (Lipinski definition) is 0. The first-order valence-corrected chi connectivity index (χ1v) is 22.6. The molecule has 62 heavy (non-hydrogen) atoms. The molecule has 1 heterocycles. The standard InChI is InChI=1S/C59H50N2O/c1-39-14-5-12-25-58(39)62-59-38-49(30-31-53(59)54-37-45-33-40-32-44(45)35-46(54)34-40)60(55-22-9-6-19-50(55)42-15-3-2-4-16-42)47-28-26-41(27-29-47)43-17-13-18-48(36-43)61-56-23-10-7-20-51(56)52-21-8-11-24-57(52)61/h2-31,36,38,40,44-46,54H,32-35,37H2,1H3/t40-,44-,45?,46-,54?/m1/s1. The van der Waals surface area contributed by atoms with Gasteiger partial charge >= 0.3 is 0 Å². The molecule has 0 N–H and O–H groups in total. The van der Waals surface area contributed by atoms with Crippen LogP contribution in [0.15, 0.2) is 194 Å². The van der Waals surface area contributed by atoms with Crippen molar-refractivity contribution >= 4 is 38.9 Å². The predicted octanol–water partition coefficient (Wildman–Crippen LogP) is 16.2. The number of fused-ring (bicyclic) bond motifs is 5. The molecule has 0 radical (unpaired) electrons. The van der Waals surface area contributed by atoms with Crippen LogP contribution in [-0.2, 0) is 0 Å². The van der Waals surface area contributed by atoms with Gasteiger partial charge in [0.25, 0.3) is 0 Å². The van der Waals surface area contributed by atoms with Crippen LogP contribution in [0.5, 0.6) is 11.5 Å². The van der Waals surface area contributed by atoms with E-state index >= 15 is 0 Å². The van der Waals surface area contributed by atoms with E-state index in [2.05, 4.69) is 211 Å². The molecule has 0 amide bonds. The fraction of sp³-hybridized carbons (Fsp3) is 0.186. The second kappa shape index (κ2) is 15.3. The summed E-state index contributed by atoms with van der Waals surface area (Å²) in [7, 11) is 0. The Morgan fingerprint density at radius 3 is 1.90 bits per heavy atom. The third kappa shape index (κ3) is 6.41. The van der Waals surface area contributed by atoms with Gasteiger partial charge in [-0.25, -0.2) is 0 Å². The van der Waals surface area contributed by atoms with Gasteiger partial charge in [-0.1, -0.05) is 133 Å². The van der Waals surface area contributed by atoms with Gasteiger partial charge in [0.2, 0.25) is 0 Å². The predicted molar refractivity (Wildman–Crippen MR) is 257 cm³/mol. The maximum absolute atomic E-state index is 7.10. The largest absolute Gasteiger partial charge is 0.457 e. The van der Waals surface area contributed by atoms with Gasteiger partial charge in [-0.2, -0.15) is 0 Å². The molecule has 3 aliphatic rings. The van der Waals surface area contributed by atoms with E-state index in [0.717, 1.165) is 63.5 Å². The minimum absolute atomic E-state index is 0.525. The van der Waals surface area contributed by atoms with Crippen LogP contribution < -0.4 is 9.64 Å². The third-order valence-electron chi connectivity index (χ3n) is 14.6. The first kappa shape index (κ1) is 37.0. The van der Waals surface area contributed by atoms with E-state index in [-0.39, 0.29) is 0 Å². The fourth-order valence-electron chi connectivity index (χ4n) is 11.9. The van der Waals surface area contributed by atoms with Crippen molar-refractivity contribution in [3.8, 4) is 39.4 Å². The topological polar surface area (TPSA) is 17.4 Å². The molecular weight excluding hydrogens is 753 g/mol. The van der Waals surface area contributed by atoms with Crippen molar-refractivity contribution in [1.29, 1.82) is 0 Å². The summed E-state index contributed by atoms with van der Waals surface area (Å²) in [6.07, 6.45) is 6.92. The molecule has 3 saturated carbocycles. The summed E-state index contributed by atoms with van der Waals surface area (Å²) in [6, 6.07) is 70.8. The SMILES string of the molecule is Cc1ccccc1Oc1cc(N(c2ccc(-c3cccc(-n4c5ccccc5c5ccccc54)c3)cc2)c2ccccc2-c2ccccc2)ccc1C1CC2C[C@H]3C[C@@H]2C[C@H]1C3. The van der Waals surface area contributed by atoms with Crippen molar-refractivity contribution in [2.24, 2.45) is 23.7 Å². The maximum Gasteiger partial charge on any atom is 0.133 e. The Kier molecular flexibility index (Phi) is 9.10. The number of aromatic nitrogens is 1. The Morgan fingerprint density at radius 1 is 0.468 bits per heavy atom. The highest BCUT2D eigenvalue weighted by molar-refractivity contribution is 6.09. The molecule has 3 fully saturated rings. The molecule has 1 aromatic heterocycles. The Labute approximate surface area is 364 Å². The van der Waals surface area contributed by atoms with Crippen LogP contribution in [-0.4, -0.2) is 4.57 Å². The third-order valence-corrected chi connectivity index (χ3v) is 14.6. The molecule has 3 aliphatic carbocycles. The lowest BCUT2D eigenvalue weighted by Gasteiger charge is -2.41. The monoisotopic (exact) mass is 802 g/mol. The van der Waals surface area contributed by atoms with Crippen molar-refractivity contribution in [3.05, 3.63) is 205 Å². The van der Waals surface area contributed by atoms with Crippen LogP contribution in [0.1, 0.15) is 49.1 Å². The number of benzene rings is 8. The van der Waals surface area contributed by atoms with E-state index in [9.17, 15) is 0 Å². The lowest BCUT2D eigenvalue weighted by atomic mass is 9.64. The zero-order valence-electron chi connectivity index (χ0n) is 35.2. The van der Waals surface area contributed by atoms with Gasteiger partial charge in [-0.05, 0) is 151 Å². The summed E-state index contributed by atoms with van der Waals surface area (Å²) < 4.78 is 9.50. The van der Waals surface area contributed by atoms with Crippen molar-refractivity contribution in [2.75, 3.05) is 4.90 Å². The molecule has 8 aromatic carbocycles. The molecule has 0 aliphatic heterocycles. The van der Waals surface area contributed by atoms with Gasteiger partial charge in [0.1, 0.15) is 11.5 Å². The zero-order valence-corrected chi connectivity index (χ0v) is 35.2. The Bertz CT molecular complexity index is 3030. The van der Waals surface area contributed by atoms with Crippen LogP contribution in [0.2, 0.25) is 0 Å². The number of hydrogen-bond acceptors (Lipinski definition) is 2. The molecule has 0 spiro atoms.